The third kappa shape index (κ3) is 3.54. The lowest BCUT2D eigenvalue weighted by molar-refractivity contribution is 0.121. The van der Waals surface area contributed by atoms with Crippen LogP contribution in [0.5, 0.6) is 11.5 Å². The van der Waals surface area contributed by atoms with Crippen LogP contribution in [0.25, 0.3) is 0 Å². The summed E-state index contributed by atoms with van der Waals surface area (Å²) >= 11 is 3.40. The van der Waals surface area contributed by atoms with E-state index in [-0.39, 0.29) is 12.4 Å². The second-order valence-electron chi connectivity index (χ2n) is 4.58. The van der Waals surface area contributed by atoms with Crippen molar-refractivity contribution < 1.29 is 14.6 Å². The van der Waals surface area contributed by atoms with Crippen molar-refractivity contribution in [2.24, 2.45) is 11.7 Å². The van der Waals surface area contributed by atoms with Gasteiger partial charge in [-0.1, -0.05) is 0 Å². The number of methoxy groups -OCH3 is 2. The molecule has 19 heavy (non-hydrogen) atoms. The Labute approximate surface area is 127 Å². The molecule has 0 heterocycles. The lowest BCUT2D eigenvalue weighted by atomic mass is 9.98. The van der Waals surface area contributed by atoms with Crippen LogP contribution < -0.4 is 15.2 Å². The molecule has 1 aliphatic rings. The molecule has 1 fully saturated rings. The second kappa shape index (κ2) is 6.79. The van der Waals surface area contributed by atoms with E-state index in [4.69, 9.17) is 15.2 Å². The summed E-state index contributed by atoms with van der Waals surface area (Å²) in [5, 5.41) is 10.1. The van der Waals surface area contributed by atoms with Gasteiger partial charge in [-0.3, -0.25) is 0 Å². The minimum absolute atomic E-state index is 0. The molecule has 0 aliphatic heterocycles. The highest BCUT2D eigenvalue weighted by atomic mass is 79.9. The average Bonchev–Trinajstić information content (AvgIpc) is 3.20. The Morgan fingerprint density at radius 1 is 1.26 bits per heavy atom. The molecule has 0 bridgehead atoms. The van der Waals surface area contributed by atoms with Crippen molar-refractivity contribution in [2.75, 3.05) is 14.2 Å². The van der Waals surface area contributed by atoms with E-state index in [1.165, 1.54) is 0 Å². The van der Waals surface area contributed by atoms with Gasteiger partial charge in [0, 0.05) is 5.56 Å². The largest absolute Gasteiger partial charge is 0.496 e. The topological polar surface area (TPSA) is 64.7 Å². The SMILES string of the molecule is COc1cc([C@H](N)[C@H](O)C2CC2)c(OC)cc1Br.Cl. The summed E-state index contributed by atoms with van der Waals surface area (Å²) in [7, 11) is 3.19. The van der Waals surface area contributed by atoms with Crippen LogP contribution in [0.3, 0.4) is 0 Å². The van der Waals surface area contributed by atoms with E-state index in [1.807, 2.05) is 12.1 Å². The van der Waals surface area contributed by atoms with Crippen LogP contribution in [-0.4, -0.2) is 25.4 Å². The van der Waals surface area contributed by atoms with E-state index in [2.05, 4.69) is 15.9 Å². The van der Waals surface area contributed by atoms with Crippen molar-refractivity contribution in [3.05, 3.63) is 22.2 Å². The molecular formula is C13H19BrClNO3. The fourth-order valence-electron chi connectivity index (χ4n) is 2.06. The first-order chi connectivity index (χ1) is 8.58. The Balaban J connectivity index is 0.00000180. The van der Waals surface area contributed by atoms with E-state index in [0.717, 1.165) is 22.9 Å². The number of halogens is 2. The maximum absolute atomic E-state index is 10.1. The molecule has 2 atom stereocenters. The fraction of sp³-hybridized carbons (Fsp3) is 0.538. The molecule has 3 N–H and O–H groups in total. The molecule has 2 rings (SSSR count). The Morgan fingerprint density at radius 2 is 1.84 bits per heavy atom. The van der Waals surface area contributed by atoms with Gasteiger partial charge in [0.1, 0.15) is 11.5 Å². The smallest absolute Gasteiger partial charge is 0.133 e. The minimum atomic E-state index is -0.523. The first kappa shape index (κ1) is 16.6. The number of ether oxygens (including phenoxy) is 2. The van der Waals surface area contributed by atoms with Gasteiger partial charge in [0.15, 0.2) is 0 Å². The van der Waals surface area contributed by atoms with E-state index in [1.54, 1.807) is 14.2 Å². The Kier molecular flexibility index (Phi) is 5.92. The van der Waals surface area contributed by atoms with E-state index in [9.17, 15) is 5.11 Å². The molecule has 6 heteroatoms. The van der Waals surface area contributed by atoms with Gasteiger partial charge in [0.25, 0.3) is 0 Å². The number of aliphatic hydroxyl groups excluding tert-OH is 1. The van der Waals surface area contributed by atoms with Gasteiger partial charge in [0.2, 0.25) is 0 Å². The molecule has 108 valence electrons. The summed E-state index contributed by atoms with van der Waals surface area (Å²) in [4.78, 5) is 0. The predicted octanol–water partition coefficient (Wildman–Crippen LogP) is 2.66. The van der Waals surface area contributed by atoms with Gasteiger partial charge in [-0.05, 0) is 46.8 Å². The summed E-state index contributed by atoms with van der Waals surface area (Å²) in [5.41, 5.74) is 6.90. The van der Waals surface area contributed by atoms with Gasteiger partial charge < -0.3 is 20.3 Å². The lowest BCUT2D eigenvalue weighted by Gasteiger charge is -2.22. The van der Waals surface area contributed by atoms with E-state index in [0.29, 0.717) is 17.4 Å². The number of rotatable bonds is 5. The van der Waals surface area contributed by atoms with Crippen molar-refractivity contribution in [1.82, 2.24) is 0 Å². The third-order valence-electron chi connectivity index (χ3n) is 3.34. The van der Waals surface area contributed by atoms with Gasteiger partial charge in [0.05, 0.1) is 30.8 Å². The monoisotopic (exact) mass is 351 g/mol. The first-order valence-electron chi connectivity index (χ1n) is 5.93. The number of hydrogen-bond acceptors (Lipinski definition) is 4. The number of hydrogen-bond donors (Lipinski definition) is 2. The molecule has 0 radical (unpaired) electrons. The molecule has 0 unspecified atom stereocenters. The summed E-state index contributed by atoms with van der Waals surface area (Å²) < 4.78 is 11.4. The van der Waals surface area contributed by atoms with Crippen LogP contribution in [0.15, 0.2) is 16.6 Å². The number of aliphatic hydroxyl groups is 1. The Morgan fingerprint density at radius 3 is 2.32 bits per heavy atom. The van der Waals surface area contributed by atoms with Gasteiger partial charge in [-0.15, -0.1) is 12.4 Å². The van der Waals surface area contributed by atoms with Crippen LogP contribution in [0.1, 0.15) is 24.4 Å². The van der Waals surface area contributed by atoms with Crippen molar-refractivity contribution in [2.45, 2.75) is 25.0 Å². The molecule has 0 spiro atoms. The normalized spacial score (nSPS) is 17.3. The van der Waals surface area contributed by atoms with E-state index >= 15 is 0 Å². The molecule has 1 aliphatic carbocycles. The summed E-state index contributed by atoms with van der Waals surface area (Å²) in [6.45, 7) is 0. The maximum atomic E-state index is 10.1. The second-order valence-corrected chi connectivity index (χ2v) is 5.44. The zero-order valence-electron chi connectivity index (χ0n) is 10.9. The van der Waals surface area contributed by atoms with Crippen molar-refractivity contribution in [1.29, 1.82) is 0 Å². The molecular weight excluding hydrogens is 334 g/mol. The Hall–Kier alpha value is -0.490. The lowest BCUT2D eigenvalue weighted by Crippen LogP contribution is -2.28. The standard InChI is InChI=1S/C13H18BrNO3.ClH/c1-17-10-6-9(14)11(18-2)5-8(10)12(15)13(16)7-3-4-7;/h5-7,12-13,16H,3-4,15H2,1-2H3;1H/t12-,13+;/m0./s1. The fourth-order valence-corrected chi connectivity index (χ4v) is 2.54. The summed E-state index contributed by atoms with van der Waals surface area (Å²) in [6, 6.07) is 3.18. The van der Waals surface area contributed by atoms with Gasteiger partial charge in [-0.2, -0.15) is 0 Å². The van der Waals surface area contributed by atoms with Gasteiger partial charge in [-0.25, -0.2) is 0 Å². The predicted molar refractivity (Wildman–Crippen MR) is 80.2 cm³/mol. The molecule has 0 amide bonds. The average molecular weight is 353 g/mol. The highest BCUT2D eigenvalue weighted by Crippen LogP contribution is 2.41. The Bertz CT molecular complexity index is 440. The van der Waals surface area contributed by atoms with Crippen LogP contribution in [0.2, 0.25) is 0 Å². The van der Waals surface area contributed by atoms with Gasteiger partial charge >= 0.3 is 0 Å². The first-order valence-corrected chi connectivity index (χ1v) is 6.72. The highest BCUT2D eigenvalue weighted by molar-refractivity contribution is 9.10. The number of benzene rings is 1. The minimum Gasteiger partial charge on any atom is -0.496 e. The van der Waals surface area contributed by atoms with Crippen molar-refractivity contribution >= 4 is 28.3 Å². The summed E-state index contributed by atoms with van der Waals surface area (Å²) in [6.07, 6.45) is 1.57. The van der Waals surface area contributed by atoms with Crippen LogP contribution in [-0.2, 0) is 0 Å². The molecule has 1 saturated carbocycles. The van der Waals surface area contributed by atoms with Crippen LogP contribution >= 0.6 is 28.3 Å². The third-order valence-corrected chi connectivity index (χ3v) is 3.96. The summed E-state index contributed by atoms with van der Waals surface area (Å²) in [5.74, 6) is 1.67. The zero-order valence-corrected chi connectivity index (χ0v) is 13.3. The number of nitrogens with two attached hydrogens (primary N) is 1. The van der Waals surface area contributed by atoms with Crippen LogP contribution in [0.4, 0.5) is 0 Å². The van der Waals surface area contributed by atoms with Crippen molar-refractivity contribution in [3.8, 4) is 11.5 Å². The molecule has 4 nitrogen and oxygen atoms in total. The molecule has 0 saturated heterocycles. The molecule has 0 aromatic heterocycles. The zero-order chi connectivity index (χ0) is 13.3. The molecule has 1 aromatic rings. The maximum Gasteiger partial charge on any atom is 0.133 e. The van der Waals surface area contributed by atoms with E-state index < -0.39 is 12.1 Å². The van der Waals surface area contributed by atoms with Crippen LogP contribution in [0, 0.1) is 5.92 Å². The highest BCUT2D eigenvalue weighted by Gasteiger charge is 2.35. The van der Waals surface area contributed by atoms with Crippen molar-refractivity contribution in [3.63, 3.8) is 0 Å². The molecule has 1 aromatic carbocycles. The quantitative estimate of drug-likeness (QED) is 0.855.